The Hall–Kier alpha value is -2.86. The van der Waals surface area contributed by atoms with Crippen molar-refractivity contribution in [3.8, 4) is 11.1 Å². The molecule has 0 heteroatoms. The van der Waals surface area contributed by atoms with Crippen molar-refractivity contribution < 1.29 is 0 Å². The van der Waals surface area contributed by atoms with Gasteiger partial charge in [0.05, 0.1) is 0 Å². The van der Waals surface area contributed by atoms with Crippen LogP contribution in [0.1, 0.15) is 11.1 Å². The molecule has 0 amide bonds. The molecule has 110 valence electrons. The van der Waals surface area contributed by atoms with Gasteiger partial charge in [-0.05, 0) is 39.4 Å². The maximum Gasteiger partial charge on any atom is -0.00194 e. The van der Waals surface area contributed by atoms with Crippen LogP contribution in [0.2, 0.25) is 0 Å². The largest absolute Gasteiger partial charge is 0.0622 e. The third-order valence-corrected chi connectivity index (χ3v) is 4.31. The second-order valence-corrected chi connectivity index (χ2v) is 5.88. The average Bonchev–Trinajstić information content (AvgIpc) is 2.63. The summed E-state index contributed by atoms with van der Waals surface area (Å²) in [7, 11) is 0. The fourth-order valence-electron chi connectivity index (χ4n) is 3.16. The highest BCUT2D eigenvalue weighted by Gasteiger charge is 2.03. The van der Waals surface area contributed by atoms with Crippen LogP contribution in [0.3, 0.4) is 0 Å². The second kappa shape index (κ2) is 6.10. The summed E-state index contributed by atoms with van der Waals surface area (Å²) in [5.74, 6) is 0. The topological polar surface area (TPSA) is 0 Å². The summed E-state index contributed by atoms with van der Waals surface area (Å²) in [6, 6.07) is 34.6. The lowest BCUT2D eigenvalue weighted by Crippen LogP contribution is -1.90. The minimum Gasteiger partial charge on any atom is -0.0622 e. The summed E-state index contributed by atoms with van der Waals surface area (Å²) in [6.45, 7) is 0. The Kier molecular flexibility index (Phi) is 3.65. The van der Waals surface area contributed by atoms with Crippen LogP contribution in [0, 0.1) is 0 Å². The van der Waals surface area contributed by atoms with Crippen molar-refractivity contribution in [3.05, 3.63) is 108 Å². The SMILES string of the molecule is c1ccc(-c2cccc(Cc3cccc4ccccc34)c2)cc1. The Morgan fingerprint density at radius 1 is 0.522 bits per heavy atom. The first kappa shape index (κ1) is 13.8. The molecule has 0 aliphatic heterocycles. The van der Waals surface area contributed by atoms with Crippen molar-refractivity contribution in [2.45, 2.75) is 6.42 Å². The van der Waals surface area contributed by atoms with E-state index in [0.717, 1.165) is 6.42 Å². The zero-order valence-corrected chi connectivity index (χ0v) is 12.9. The van der Waals surface area contributed by atoms with Gasteiger partial charge in [-0.25, -0.2) is 0 Å². The Morgan fingerprint density at radius 2 is 1.22 bits per heavy atom. The quantitative estimate of drug-likeness (QED) is 0.428. The fraction of sp³-hybridized carbons (Fsp3) is 0.0435. The van der Waals surface area contributed by atoms with Crippen LogP contribution in [0.15, 0.2) is 97.1 Å². The molecule has 4 aromatic carbocycles. The minimum absolute atomic E-state index is 0.960. The van der Waals surface area contributed by atoms with E-state index in [1.807, 2.05) is 0 Å². The van der Waals surface area contributed by atoms with Crippen LogP contribution >= 0.6 is 0 Å². The van der Waals surface area contributed by atoms with E-state index in [1.54, 1.807) is 0 Å². The van der Waals surface area contributed by atoms with Crippen molar-refractivity contribution in [1.82, 2.24) is 0 Å². The van der Waals surface area contributed by atoms with Crippen LogP contribution in [0.4, 0.5) is 0 Å². The molecule has 4 aromatic rings. The van der Waals surface area contributed by atoms with Crippen LogP contribution in [0.5, 0.6) is 0 Å². The smallest absolute Gasteiger partial charge is 0.00194 e. The molecule has 0 unspecified atom stereocenters. The van der Waals surface area contributed by atoms with E-state index in [9.17, 15) is 0 Å². The summed E-state index contributed by atoms with van der Waals surface area (Å²) in [6.07, 6.45) is 0.960. The number of hydrogen-bond donors (Lipinski definition) is 0. The summed E-state index contributed by atoms with van der Waals surface area (Å²) >= 11 is 0. The van der Waals surface area contributed by atoms with Gasteiger partial charge in [0, 0.05) is 0 Å². The predicted octanol–water partition coefficient (Wildman–Crippen LogP) is 6.10. The summed E-state index contributed by atoms with van der Waals surface area (Å²) in [5.41, 5.74) is 5.28. The van der Waals surface area contributed by atoms with Gasteiger partial charge in [-0.3, -0.25) is 0 Å². The van der Waals surface area contributed by atoms with Gasteiger partial charge >= 0.3 is 0 Å². The van der Waals surface area contributed by atoms with Crippen molar-refractivity contribution >= 4 is 10.8 Å². The molecule has 0 saturated heterocycles. The van der Waals surface area contributed by atoms with E-state index >= 15 is 0 Å². The molecule has 0 nitrogen and oxygen atoms in total. The highest BCUT2D eigenvalue weighted by Crippen LogP contribution is 2.24. The maximum atomic E-state index is 2.30. The zero-order valence-electron chi connectivity index (χ0n) is 12.9. The molecule has 4 rings (SSSR count). The number of rotatable bonds is 3. The van der Waals surface area contributed by atoms with Gasteiger partial charge in [-0.1, -0.05) is 97.1 Å². The van der Waals surface area contributed by atoms with Crippen molar-refractivity contribution in [2.75, 3.05) is 0 Å². The molecular weight excluding hydrogens is 276 g/mol. The fourth-order valence-corrected chi connectivity index (χ4v) is 3.16. The van der Waals surface area contributed by atoms with Crippen molar-refractivity contribution in [1.29, 1.82) is 0 Å². The van der Waals surface area contributed by atoms with E-state index < -0.39 is 0 Å². The lowest BCUT2D eigenvalue weighted by Gasteiger charge is -2.09. The molecule has 0 fully saturated rings. The van der Waals surface area contributed by atoms with E-state index in [4.69, 9.17) is 0 Å². The summed E-state index contributed by atoms with van der Waals surface area (Å²) in [5, 5.41) is 2.66. The summed E-state index contributed by atoms with van der Waals surface area (Å²) in [4.78, 5) is 0. The Labute approximate surface area is 137 Å². The van der Waals surface area contributed by atoms with E-state index in [-0.39, 0.29) is 0 Å². The molecule has 0 aliphatic rings. The molecule has 0 radical (unpaired) electrons. The van der Waals surface area contributed by atoms with Crippen molar-refractivity contribution in [2.24, 2.45) is 0 Å². The van der Waals surface area contributed by atoms with Gasteiger partial charge in [0.15, 0.2) is 0 Å². The molecule has 0 aliphatic carbocycles. The Morgan fingerprint density at radius 3 is 2.13 bits per heavy atom. The zero-order chi connectivity index (χ0) is 15.5. The molecular formula is C23H18. The lowest BCUT2D eigenvalue weighted by atomic mass is 9.96. The molecule has 23 heavy (non-hydrogen) atoms. The van der Waals surface area contributed by atoms with Gasteiger partial charge in [0.1, 0.15) is 0 Å². The van der Waals surface area contributed by atoms with Gasteiger partial charge in [0.25, 0.3) is 0 Å². The standard InChI is InChI=1S/C23H18/c1-2-9-19(10-3-1)21-13-6-8-18(16-21)17-22-14-7-12-20-11-4-5-15-23(20)22/h1-16H,17H2. The van der Waals surface area contributed by atoms with E-state index in [1.165, 1.54) is 33.0 Å². The minimum atomic E-state index is 0.960. The van der Waals surface area contributed by atoms with Crippen LogP contribution < -0.4 is 0 Å². The molecule has 0 spiro atoms. The first-order chi connectivity index (χ1) is 11.4. The molecule has 0 N–H and O–H groups in total. The van der Waals surface area contributed by atoms with Crippen LogP contribution in [-0.4, -0.2) is 0 Å². The maximum absolute atomic E-state index is 2.30. The number of benzene rings is 4. The first-order valence-corrected chi connectivity index (χ1v) is 8.01. The lowest BCUT2D eigenvalue weighted by molar-refractivity contribution is 1.21. The van der Waals surface area contributed by atoms with Crippen LogP contribution in [-0.2, 0) is 6.42 Å². The first-order valence-electron chi connectivity index (χ1n) is 8.01. The Balaban J connectivity index is 1.72. The number of hydrogen-bond acceptors (Lipinski definition) is 0. The van der Waals surface area contributed by atoms with Gasteiger partial charge in [-0.15, -0.1) is 0 Å². The molecule has 0 saturated carbocycles. The van der Waals surface area contributed by atoms with Crippen LogP contribution in [0.25, 0.3) is 21.9 Å². The molecule has 0 aromatic heterocycles. The third-order valence-electron chi connectivity index (χ3n) is 4.31. The second-order valence-electron chi connectivity index (χ2n) is 5.88. The van der Waals surface area contributed by atoms with Gasteiger partial charge in [-0.2, -0.15) is 0 Å². The van der Waals surface area contributed by atoms with Crippen molar-refractivity contribution in [3.63, 3.8) is 0 Å². The molecule has 0 heterocycles. The van der Waals surface area contributed by atoms with E-state index in [2.05, 4.69) is 97.1 Å². The third kappa shape index (κ3) is 2.89. The van der Waals surface area contributed by atoms with Gasteiger partial charge < -0.3 is 0 Å². The monoisotopic (exact) mass is 294 g/mol. The highest BCUT2D eigenvalue weighted by molar-refractivity contribution is 5.86. The average molecular weight is 294 g/mol. The summed E-state index contributed by atoms with van der Waals surface area (Å²) < 4.78 is 0. The van der Waals surface area contributed by atoms with E-state index in [0.29, 0.717) is 0 Å². The molecule has 0 bridgehead atoms. The highest BCUT2D eigenvalue weighted by atomic mass is 14.1. The normalized spacial score (nSPS) is 10.8. The molecule has 0 atom stereocenters. The van der Waals surface area contributed by atoms with Gasteiger partial charge in [0.2, 0.25) is 0 Å². The predicted molar refractivity (Wildman–Crippen MR) is 98.6 cm³/mol. The Bertz CT molecular complexity index is 931. The number of fused-ring (bicyclic) bond motifs is 1.